The maximum atomic E-state index is 12.7. The highest BCUT2D eigenvalue weighted by atomic mass is 16.5. The van der Waals surface area contributed by atoms with Gasteiger partial charge in [-0.25, -0.2) is 9.59 Å². The number of ketones is 1. The van der Waals surface area contributed by atoms with Crippen LogP contribution in [0.15, 0.2) is 33.9 Å². The first-order chi connectivity index (χ1) is 15.3. The van der Waals surface area contributed by atoms with E-state index in [1.165, 1.54) is 7.11 Å². The summed E-state index contributed by atoms with van der Waals surface area (Å²) in [5.74, 6) is -0.706. The van der Waals surface area contributed by atoms with Crippen molar-refractivity contribution in [3.8, 4) is 0 Å². The number of aromatic amines is 1. The quantitative estimate of drug-likeness (QED) is 0.404. The third-order valence-electron chi connectivity index (χ3n) is 5.39. The van der Waals surface area contributed by atoms with Crippen LogP contribution >= 0.6 is 0 Å². The molecule has 1 saturated heterocycles. The van der Waals surface area contributed by atoms with Crippen LogP contribution in [-0.4, -0.2) is 54.7 Å². The van der Waals surface area contributed by atoms with Crippen LogP contribution in [-0.2, 0) is 11.3 Å². The number of hydrogen-bond acceptors (Lipinski definition) is 7. The van der Waals surface area contributed by atoms with Crippen LogP contribution in [0.2, 0.25) is 0 Å². The molecule has 2 heterocycles. The predicted octanol–water partition coefficient (Wildman–Crippen LogP) is 0.218. The van der Waals surface area contributed by atoms with Crippen molar-refractivity contribution in [2.24, 2.45) is 0 Å². The summed E-state index contributed by atoms with van der Waals surface area (Å²) in [7, 11) is 1.47. The Kier molecular flexibility index (Phi) is 7.44. The summed E-state index contributed by atoms with van der Waals surface area (Å²) in [5, 5.41) is 5.89. The second-order valence-corrected chi connectivity index (χ2v) is 7.52. The summed E-state index contributed by atoms with van der Waals surface area (Å²) >= 11 is 0. The molecule has 0 radical (unpaired) electrons. The number of carbonyl (C=O) groups is 2. The fraction of sp³-hybridized carbons (Fsp3) is 0.429. The zero-order valence-corrected chi connectivity index (χ0v) is 18.1. The molecule has 1 aliphatic heterocycles. The minimum absolute atomic E-state index is 0.115. The van der Waals surface area contributed by atoms with Crippen LogP contribution in [0.3, 0.4) is 0 Å². The Balaban J connectivity index is 1.68. The number of H-pyrrole nitrogens is 1. The fourth-order valence-electron chi connectivity index (χ4n) is 3.53. The summed E-state index contributed by atoms with van der Waals surface area (Å²) in [4.78, 5) is 52.7. The van der Waals surface area contributed by atoms with Gasteiger partial charge in [0.1, 0.15) is 11.4 Å². The third kappa shape index (κ3) is 5.06. The van der Waals surface area contributed by atoms with E-state index in [4.69, 9.17) is 10.5 Å². The first kappa shape index (κ1) is 23.2. The van der Waals surface area contributed by atoms with Crippen LogP contribution < -0.4 is 32.5 Å². The van der Waals surface area contributed by atoms with Crippen LogP contribution in [0.5, 0.6) is 0 Å². The Labute approximate surface area is 184 Å². The summed E-state index contributed by atoms with van der Waals surface area (Å²) < 4.78 is 6.05. The Morgan fingerprint density at radius 3 is 2.62 bits per heavy atom. The Morgan fingerprint density at radius 1 is 1.25 bits per heavy atom. The molecule has 32 heavy (non-hydrogen) atoms. The predicted molar refractivity (Wildman–Crippen MR) is 120 cm³/mol. The number of methoxy groups -OCH3 is 1. The van der Waals surface area contributed by atoms with Gasteiger partial charge in [-0.15, -0.1) is 0 Å². The molecule has 172 valence electrons. The molecule has 11 heteroatoms. The molecular weight excluding hydrogens is 416 g/mol. The molecule has 0 bridgehead atoms. The number of nitrogens with two attached hydrogens (primary N) is 1. The normalized spacial score (nSPS) is 14.8. The van der Waals surface area contributed by atoms with Crippen molar-refractivity contribution in [1.29, 1.82) is 0 Å². The molecule has 5 N–H and O–H groups in total. The number of hydrogen-bond donors (Lipinski definition) is 4. The van der Waals surface area contributed by atoms with Gasteiger partial charge >= 0.3 is 11.7 Å². The van der Waals surface area contributed by atoms with Crippen LogP contribution in [0.25, 0.3) is 0 Å². The molecule has 0 aliphatic carbocycles. The molecule has 0 saturated carbocycles. The van der Waals surface area contributed by atoms with Crippen molar-refractivity contribution in [1.82, 2.24) is 20.2 Å². The molecule has 1 aromatic heterocycles. The second kappa shape index (κ2) is 10.2. The molecular formula is C21H28N6O5. The number of carbonyl (C=O) groups excluding carboxylic acids is 2. The highest BCUT2D eigenvalue weighted by Crippen LogP contribution is 2.20. The number of benzene rings is 1. The molecule has 1 fully saturated rings. The SMILES string of the molecule is COCCn1c(N)c(C(=O)CNC(C)c2ccc(N3CCCNC3=O)cc2)c(=O)[nH]c1=O. The van der Waals surface area contributed by atoms with Crippen molar-refractivity contribution in [3.63, 3.8) is 0 Å². The van der Waals surface area contributed by atoms with E-state index >= 15 is 0 Å². The lowest BCUT2D eigenvalue weighted by atomic mass is 10.1. The molecule has 3 rings (SSSR count). The van der Waals surface area contributed by atoms with Gasteiger partial charge in [-0.2, -0.15) is 0 Å². The van der Waals surface area contributed by atoms with E-state index in [0.29, 0.717) is 13.1 Å². The van der Waals surface area contributed by atoms with Gasteiger partial charge < -0.3 is 21.1 Å². The smallest absolute Gasteiger partial charge is 0.330 e. The van der Waals surface area contributed by atoms with Crippen LogP contribution in [0.1, 0.15) is 35.3 Å². The maximum Gasteiger partial charge on any atom is 0.330 e. The lowest BCUT2D eigenvalue weighted by Crippen LogP contribution is -2.46. The highest BCUT2D eigenvalue weighted by molar-refractivity contribution is 6.01. The first-order valence-corrected chi connectivity index (χ1v) is 10.4. The number of nitrogens with zero attached hydrogens (tertiary/aromatic N) is 2. The summed E-state index contributed by atoms with van der Waals surface area (Å²) in [6, 6.07) is 7.15. The summed E-state index contributed by atoms with van der Waals surface area (Å²) in [6.45, 7) is 3.39. The van der Waals surface area contributed by atoms with Gasteiger partial charge in [0.2, 0.25) is 0 Å². The molecule has 1 unspecified atom stereocenters. The number of amides is 2. The number of nitrogen functional groups attached to an aromatic ring is 1. The van der Waals surface area contributed by atoms with E-state index in [2.05, 4.69) is 15.6 Å². The van der Waals surface area contributed by atoms with Gasteiger partial charge in [0.25, 0.3) is 5.56 Å². The average Bonchev–Trinajstić information content (AvgIpc) is 2.77. The Bertz CT molecular complexity index is 1090. The zero-order valence-electron chi connectivity index (χ0n) is 18.1. The Morgan fingerprint density at radius 2 is 1.97 bits per heavy atom. The summed E-state index contributed by atoms with van der Waals surface area (Å²) in [5.41, 5.74) is 5.89. The lowest BCUT2D eigenvalue weighted by molar-refractivity contribution is 0.0986. The number of rotatable bonds is 9. The van der Waals surface area contributed by atoms with Gasteiger partial charge in [0, 0.05) is 31.9 Å². The molecule has 2 aromatic rings. The van der Waals surface area contributed by atoms with E-state index in [1.54, 1.807) is 4.90 Å². The third-order valence-corrected chi connectivity index (χ3v) is 5.39. The average molecular weight is 444 g/mol. The summed E-state index contributed by atoms with van der Waals surface area (Å²) in [6.07, 6.45) is 0.884. The minimum atomic E-state index is -0.815. The molecule has 1 atom stereocenters. The van der Waals surface area contributed by atoms with Crippen LogP contribution in [0, 0.1) is 0 Å². The monoisotopic (exact) mass is 444 g/mol. The molecule has 2 amide bonds. The second-order valence-electron chi connectivity index (χ2n) is 7.52. The van der Waals surface area contributed by atoms with E-state index in [0.717, 1.165) is 22.2 Å². The van der Waals surface area contributed by atoms with E-state index in [9.17, 15) is 19.2 Å². The lowest BCUT2D eigenvalue weighted by Gasteiger charge is -2.27. The number of urea groups is 1. The fourth-order valence-corrected chi connectivity index (χ4v) is 3.53. The van der Waals surface area contributed by atoms with Crippen molar-refractivity contribution in [3.05, 3.63) is 56.2 Å². The number of Topliss-reactive ketones (excluding diaryl/α,β-unsaturated/α-hetero) is 1. The standard InChI is InChI=1S/C21H28N6O5/c1-13(14-4-6-15(7-5-14)26-9-3-8-23-20(26)30)24-12-16(28)17-18(22)27(10-11-32-2)21(31)25-19(17)29/h4-7,13,24H,3,8-12,22H2,1-2H3,(H,23,30)(H,25,29,31). The van der Waals surface area contributed by atoms with Crippen LogP contribution in [0.4, 0.5) is 16.3 Å². The number of nitrogens with one attached hydrogen (secondary N) is 3. The number of aromatic nitrogens is 2. The van der Waals surface area contributed by atoms with E-state index in [-0.39, 0.29) is 43.2 Å². The molecule has 1 aliphatic rings. The zero-order chi connectivity index (χ0) is 23.3. The van der Waals surface area contributed by atoms with Gasteiger partial charge in [-0.05, 0) is 31.0 Å². The molecule has 1 aromatic carbocycles. The van der Waals surface area contributed by atoms with Gasteiger partial charge in [-0.3, -0.25) is 24.0 Å². The number of ether oxygens (including phenoxy) is 1. The van der Waals surface area contributed by atoms with Crippen molar-refractivity contribution in [2.45, 2.75) is 25.9 Å². The molecule has 0 spiro atoms. The van der Waals surface area contributed by atoms with E-state index in [1.807, 2.05) is 31.2 Å². The minimum Gasteiger partial charge on any atom is -0.384 e. The first-order valence-electron chi connectivity index (χ1n) is 10.4. The van der Waals surface area contributed by atoms with Crippen molar-refractivity contribution >= 4 is 23.3 Å². The van der Waals surface area contributed by atoms with Gasteiger partial charge in [0.15, 0.2) is 5.78 Å². The van der Waals surface area contributed by atoms with E-state index < -0.39 is 17.0 Å². The topological polar surface area (TPSA) is 152 Å². The maximum absolute atomic E-state index is 12.7. The van der Waals surface area contributed by atoms with Gasteiger partial charge in [0.05, 0.1) is 19.7 Å². The van der Waals surface area contributed by atoms with Gasteiger partial charge in [-0.1, -0.05) is 12.1 Å². The Hall–Kier alpha value is -3.44. The number of anilines is 2. The largest absolute Gasteiger partial charge is 0.384 e. The molecule has 11 nitrogen and oxygen atoms in total. The van der Waals surface area contributed by atoms with Crippen molar-refractivity contribution < 1.29 is 14.3 Å². The highest BCUT2D eigenvalue weighted by Gasteiger charge is 2.21. The van der Waals surface area contributed by atoms with Crippen molar-refractivity contribution in [2.75, 3.05) is 44.0 Å².